The summed E-state index contributed by atoms with van der Waals surface area (Å²) in [5, 5.41) is 9.29. The van der Waals surface area contributed by atoms with Gasteiger partial charge in [-0.3, -0.25) is 9.59 Å². The first-order chi connectivity index (χ1) is 7.34. The Hall–Kier alpha value is -0.550. The molecule has 1 heterocycles. The molecule has 0 radical (unpaired) electrons. The van der Waals surface area contributed by atoms with Crippen LogP contribution in [0.3, 0.4) is 0 Å². The molecule has 0 bridgehead atoms. The Balaban J connectivity index is 2.51. The van der Waals surface area contributed by atoms with Gasteiger partial charge in [0.2, 0.25) is 5.91 Å². The molecule has 16 heavy (non-hydrogen) atoms. The Morgan fingerprint density at radius 1 is 1.62 bits per heavy atom. The summed E-state index contributed by atoms with van der Waals surface area (Å²) in [6, 6.07) is 0. The Morgan fingerprint density at radius 2 is 2.25 bits per heavy atom. The monoisotopic (exact) mass is 245 g/mol. The minimum absolute atomic E-state index is 0.0565. The second kappa shape index (κ2) is 5.19. The normalized spacial score (nSPS) is 21.6. The lowest BCUT2D eigenvalue weighted by atomic mass is 9.94. The van der Waals surface area contributed by atoms with Crippen molar-refractivity contribution in [2.75, 3.05) is 19.7 Å². The van der Waals surface area contributed by atoms with Gasteiger partial charge in [-0.1, -0.05) is 25.6 Å². The minimum Gasteiger partial charge on any atom is -0.396 e. The summed E-state index contributed by atoms with van der Waals surface area (Å²) in [6.45, 7) is 6.60. The Bertz CT molecular complexity index is 291. The molecule has 1 aliphatic heterocycles. The third-order valence-electron chi connectivity index (χ3n) is 2.56. The fourth-order valence-electron chi connectivity index (χ4n) is 1.77. The Kier molecular flexibility index (Phi) is 4.38. The number of hydrogen-bond acceptors (Lipinski definition) is 4. The van der Waals surface area contributed by atoms with Crippen LogP contribution in [0.4, 0.5) is 0 Å². The van der Waals surface area contributed by atoms with Crippen molar-refractivity contribution >= 4 is 22.8 Å². The summed E-state index contributed by atoms with van der Waals surface area (Å²) >= 11 is 1.24. The summed E-state index contributed by atoms with van der Waals surface area (Å²) < 4.78 is 0. The average molecular weight is 245 g/mol. The van der Waals surface area contributed by atoms with Gasteiger partial charge in [-0.15, -0.1) is 0 Å². The molecule has 1 N–H and O–H groups in total. The largest absolute Gasteiger partial charge is 0.396 e. The quantitative estimate of drug-likeness (QED) is 0.799. The molecule has 0 aromatic rings. The van der Waals surface area contributed by atoms with Crippen molar-refractivity contribution in [3.05, 3.63) is 0 Å². The number of carbonyl (C=O) groups is 2. The van der Waals surface area contributed by atoms with Crippen LogP contribution < -0.4 is 0 Å². The lowest BCUT2D eigenvalue weighted by Gasteiger charge is -2.28. The van der Waals surface area contributed by atoms with Crippen LogP contribution in [-0.2, 0) is 9.59 Å². The number of hydrogen-bond donors (Lipinski definition) is 1. The van der Waals surface area contributed by atoms with Gasteiger partial charge in [0.05, 0.1) is 0 Å². The number of likely N-dealkylation sites (tertiary alicyclic amines) is 1. The predicted octanol–water partition coefficient (Wildman–Crippen LogP) is 0.885. The molecule has 1 fully saturated rings. The van der Waals surface area contributed by atoms with Gasteiger partial charge in [-0.25, -0.2) is 0 Å². The molecular weight excluding hydrogens is 226 g/mol. The second-order valence-electron chi connectivity index (χ2n) is 5.03. The molecule has 5 heteroatoms. The lowest BCUT2D eigenvalue weighted by Crippen LogP contribution is -2.37. The van der Waals surface area contributed by atoms with E-state index in [1.165, 1.54) is 18.7 Å². The number of rotatable bonds is 4. The van der Waals surface area contributed by atoms with E-state index in [9.17, 15) is 9.59 Å². The molecule has 1 aliphatic rings. The second-order valence-corrected chi connectivity index (χ2v) is 6.51. The average Bonchev–Trinajstić information content (AvgIpc) is 2.45. The van der Waals surface area contributed by atoms with Crippen LogP contribution in [0, 0.1) is 5.41 Å². The van der Waals surface area contributed by atoms with E-state index in [-0.39, 0.29) is 28.3 Å². The topological polar surface area (TPSA) is 57.6 Å². The molecule has 0 aliphatic carbocycles. The van der Waals surface area contributed by atoms with Gasteiger partial charge in [0, 0.05) is 43.7 Å². The van der Waals surface area contributed by atoms with Gasteiger partial charge in [0.1, 0.15) is 0 Å². The Labute approximate surface area is 100 Å². The minimum atomic E-state index is -0.272. The van der Waals surface area contributed by atoms with Crippen LogP contribution in [0.2, 0.25) is 0 Å². The van der Waals surface area contributed by atoms with Gasteiger partial charge in [0.15, 0.2) is 5.12 Å². The van der Waals surface area contributed by atoms with Gasteiger partial charge in [-0.2, -0.15) is 0 Å². The molecule has 1 saturated heterocycles. The molecule has 0 saturated carbocycles. The number of amides is 1. The highest BCUT2D eigenvalue weighted by Gasteiger charge is 2.34. The van der Waals surface area contributed by atoms with E-state index in [0.29, 0.717) is 19.5 Å². The van der Waals surface area contributed by atoms with Crippen molar-refractivity contribution in [1.82, 2.24) is 4.90 Å². The first-order valence-electron chi connectivity index (χ1n) is 5.40. The van der Waals surface area contributed by atoms with E-state index in [0.717, 1.165) is 0 Å². The summed E-state index contributed by atoms with van der Waals surface area (Å²) in [5.74, 6) is 0.0836. The molecule has 4 nitrogen and oxygen atoms in total. The lowest BCUT2D eigenvalue weighted by molar-refractivity contribution is -0.129. The van der Waals surface area contributed by atoms with Crippen molar-refractivity contribution in [3.63, 3.8) is 0 Å². The number of thioether (sulfide) groups is 1. The highest BCUT2D eigenvalue weighted by molar-refractivity contribution is 8.14. The summed E-state index contributed by atoms with van der Waals surface area (Å²) in [5.41, 5.74) is -0.272. The number of carbonyl (C=O) groups excluding carboxylic acids is 2. The van der Waals surface area contributed by atoms with Crippen molar-refractivity contribution in [3.8, 4) is 0 Å². The van der Waals surface area contributed by atoms with E-state index >= 15 is 0 Å². The standard InChI is InChI=1S/C11H19NO3S/c1-8(14)16-9-4-10(15)12(5-9)6-11(2,3)7-13/h9,13H,4-7H2,1-3H3. The van der Waals surface area contributed by atoms with Gasteiger partial charge < -0.3 is 10.0 Å². The van der Waals surface area contributed by atoms with Crippen molar-refractivity contribution < 1.29 is 14.7 Å². The number of aliphatic hydroxyl groups is 1. The SMILES string of the molecule is CC(=O)SC1CC(=O)N(CC(C)(C)CO)C1. The molecule has 0 spiro atoms. The maximum Gasteiger partial charge on any atom is 0.223 e. The van der Waals surface area contributed by atoms with Crippen LogP contribution in [0.5, 0.6) is 0 Å². The summed E-state index contributed by atoms with van der Waals surface area (Å²) in [6.07, 6.45) is 0.436. The van der Waals surface area contributed by atoms with E-state index in [4.69, 9.17) is 5.11 Å². The van der Waals surface area contributed by atoms with Crippen LogP contribution in [0.25, 0.3) is 0 Å². The van der Waals surface area contributed by atoms with E-state index in [1.807, 2.05) is 13.8 Å². The van der Waals surface area contributed by atoms with Crippen LogP contribution in [0.1, 0.15) is 27.2 Å². The highest BCUT2D eigenvalue weighted by Crippen LogP contribution is 2.27. The molecule has 0 aromatic heterocycles. The summed E-state index contributed by atoms with van der Waals surface area (Å²) in [7, 11) is 0. The molecule has 1 atom stereocenters. The van der Waals surface area contributed by atoms with Gasteiger partial charge >= 0.3 is 0 Å². The van der Waals surface area contributed by atoms with Crippen LogP contribution in [-0.4, -0.2) is 46.0 Å². The van der Waals surface area contributed by atoms with E-state index < -0.39 is 0 Å². The van der Waals surface area contributed by atoms with Crippen LogP contribution >= 0.6 is 11.8 Å². The zero-order valence-electron chi connectivity index (χ0n) is 10.0. The fourth-order valence-corrected chi connectivity index (χ4v) is 2.72. The number of aliphatic hydroxyl groups excluding tert-OH is 1. The van der Waals surface area contributed by atoms with Crippen molar-refractivity contribution in [1.29, 1.82) is 0 Å². The van der Waals surface area contributed by atoms with E-state index in [2.05, 4.69) is 0 Å². The van der Waals surface area contributed by atoms with Gasteiger partial charge in [-0.05, 0) is 0 Å². The molecule has 1 amide bonds. The summed E-state index contributed by atoms with van der Waals surface area (Å²) in [4.78, 5) is 24.4. The number of nitrogens with zero attached hydrogens (tertiary/aromatic N) is 1. The third-order valence-corrected chi connectivity index (χ3v) is 3.54. The third kappa shape index (κ3) is 3.79. The van der Waals surface area contributed by atoms with Crippen LogP contribution in [0.15, 0.2) is 0 Å². The predicted molar refractivity (Wildman–Crippen MR) is 64.1 cm³/mol. The molecule has 1 unspecified atom stereocenters. The molecular formula is C11H19NO3S. The van der Waals surface area contributed by atoms with Gasteiger partial charge in [0.25, 0.3) is 0 Å². The van der Waals surface area contributed by atoms with Crippen molar-refractivity contribution in [2.24, 2.45) is 5.41 Å². The Morgan fingerprint density at radius 3 is 2.75 bits per heavy atom. The smallest absolute Gasteiger partial charge is 0.223 e. The first kappa shape index (κ1) is 13.5. The fraction of sp³-hybridized carbons (Fsp3) is 0.818. The molecule has 1 rings (SSSR count). The zero-order chi connectivity index (χ0) is 12.3. The maximum atomic E-state index is 11.7. The maximum absolute atomic E-state index is 11.7. The van der Waals surface area contributed by atoms with E-state index in [1.54, 1.807) is 4.90 Å². The molecule has 92 valence electrons. The molecule has 0 aromatic carbocycles. The zero-order valence-corrected chi connectivity index (χ0v) is 10.8. The first-order valence-corrected chi connectivity index (χ1v) is 6.28. The highest BCUT2D eigenvalue weighted by atomic mass is 32.2. The van der Waals surface area contributed by atoms with Crippen molar-refractivity contribution in [2.45, 2.75) is 32.4 Å².